The van der Waals surface area contributed by atoms with Crippen LogP contribution in [0.4, 0.5) is 4.79 Å². The van der Waals surface area contributed by atoms with Crippen molar-refractivity contribution in [2.45, 2.75) is 51.1 Å². The van der Waals surface area contributed by atoms with E-state index in [1.54, 1.807) is 36.4 Å². The minimum atomic E-state index is -3.92. The molecule has 4 N–H and O–H groups in total. The van der Waals surface area contributed by atoms with E-state index in [1.165, 1.54) is 35.3 Å². The van der Waals surface area contributed by atoms with E-state index in [-0.39, 0.29) is 34.5 Å². The second kappa shape index (κ2) is 13.7. The topological polar surface area (TPSA) is 174 Å². The maximum Gasteiger partial charge on any atom is 0.407 e. The van der Waals surface area contributed by atoms with E-state index < -0.39 is 28.1 Å². The fourth-order valence-electron chi connectivity index (χ4n) is 5.76. The number of fused-ring (bicyclic) bond motifs is 1. The second-order valence-corrected chi connectivity index (χ2v) is 15.2. The summed E-state index contributed by atoms with van der Waals surface area (Å²) < 4.78 is 36.7. The number of carbonyl (C=O) groups excluding carboxylic acids is 1. The summed E-state index contributed by atoms with van der Waals surface area (Å²) >= 11 is 1.35. The van der Waals surface area contributed by atoms with E-state index in [0.717, 1.165) is 10.3 Å². The zero-order valence-corrected chi connectivity index (χ0v) is 28.0. The molecule has 12 nitrogen and oxygen atoms in total. The van der Waals surface area contributed by atoms with Gasteiger partial charge in [-0.3, -0.25) is 0 Å². The summed E-state index contributed by atoms with van der Waals surface area (Å²) in [4.78, 5) is 33.9. The van der Waals surface area contributed by atoms with Gasteiger partial charge in [0.2, 0.25) is 10.0 Å². The van der Waals surface area contributed by atoms with Gasteiger partial charge >= 0.3 is 12.1 Å². The Morgan fingerprint density at radius 2 is 1.87 bits per heavy atom. The van der Waals surface area contributed by atoms with Gasteiger partial charge in [-0.05, 0) is 53.8 Å². The molecule has 1 fully saturated rings. The van der Waals surface area contributed by atoms with Crippen molar-refractivity contribution in [2.75, 3.05) is 13.2 Å². The lowest BCUT2D eigenvalue weighted by molar-refractivity contribution is -0.140. The van der Waals surface area contributed by atoms with E-state index in [0.29, 0.717) is 35.0 Å². The number of carbonyl (C=O) groups is 2. The molecule has 248 valence electrons. The van der Waals surface area contributed by atoms with Crippen LogP contribution in [-0.4, -0.2) is 60.5 Å². The van der Waals surface area contributed by atoms with Gasteiger partial charge in [0.15, 0.2) is 5.84 Å². The molecule has 4 aromatic rings. The van der Waals surface area contributed by atoms with Gasteiger partial charge in [0.1, 0.15) is 10.8 Å². The van der Waals surface area contributed by atoms with Gasteiger partial charge < -0.3 is 25.3 Å². The van der Waals surface area contributed by atoms with Gasteiger partial charge in [0.25, 0.3) is 0 Å². The Kier molecular flexibility index (Phi) is 9.84. The monoisotopic (exact) mass is 679 g/mol. The molecule has 0 bridgehead atoms. The first-order valence-corrected chi connectivity index (χ1v) is 17.2. The fraction of sp³-hybridized carbons (Fsp3) is 0.333. The lowest BCUT2D eigenvalue weighted by atomic mass is 9.72. The largest absolute Gasteiger partial charge is 0.493 e. The first-order valence-electron chi connectivity index (χ1n) is 14.9. The third-order valence-electron chi connectivity index (χ3n) is 7.77. The van der Waals surface area contributed by atoms with Crippen molar-refractivity contribution >= 4 is 49.5 Å². The number of nitrogens with one attached hydrogen (secondary N) is 1. The molecule has 1 aliphatic heterocycles. The summed E-state index contributed by atoms with van der Waals surface area (Å²) in [7, 11) is -3.92. The molecule has 1 saturated heterocycles. The van der Waals surface area contributed by atoms with Crippen LogP contribution in [0.25, 0.3) is 10.2 Å². The summed E-state index contributed by atoms with van der Waals surface area (Å²) in [6, 6.07) is 19.8. The molecule has 47 heavy (non-hydrogen) atoms. The Labute approximate surface area is 277 Å². The summed E-state index contributed by atoms with van der Waals surface area (Å²) in [5.41, 5.74) is 7.71. The molecule has 3 atom stereocenters. The van der Waals surface area contributed by atoms with Crippen molar-refractivity contribution in [2.24, 2.45) is 22.2 Å². The highest BCUT2D eigenvalue weighted by atomic mass is 32.2. The lowest BCUT2D eigenvalue weighted by Gasteiger charge is -2.52. The number of nitrogens with two attached hydrogens (primary N) is 1. The Bertz CT molecular complexity index is 1910. The number of rotatable bonds is 11. The number of aromatic nitrogens is 1. The highest BCUT2D eigenvalue weighted by molar-refractivity contribution is 7.89. The SMILES string of the molecule is CC(=O)ON=C(N)c1cccc(CC(NS(=O)(=O)c2ccccc2)c2nc3ccc(OCC4CN(C(=O)O)C4C(C)(C)C)cc3s2)c1. The molecule has 0 spiro atoms. The molecule has 14 heteroatoms. The minimum absolute atomic E-state index is 0.00220. The molecule has 2 heterocycles. The van der Waals surface area contributed by atoms with Gasteiger partial charge in [0, 0.05) is 31.0 Å². The number of sulfonamides is 1. The van der Waals surface area contributed by atoms with Crippen LogP contribution < -0.4 is 15.2 Å². The summed E-state index contributed by atoms with van der Waals surface area (Å²) in [6.07, 6.45) is -0.692. The number of benzene rings is 3. The van der Waals surface area contributed by atoms with E-state index in [4.69, 9.17) is 15.5 Å². The quantitative estimate of drug-likeness (QED) is 0.0839. The first kappa shape index (κ1) is 33.8. The second-order valence-electron chi connectivity index (χ2n) is 12.4. The Morgan fingerprint density at radius 3 is 2.55 bits per heavy atom. The molecule has 1 amide bonds. The highest BCUT2D eigenvalue weighted by Crippen LogP contribution is 2.39. The number of carboxylic acid groups (broad SMARTS) is 1. The number of likely N-dealkylation sites (tertiary alicyclic amines) is 1. The van der Waals surface area contributed by atoms with Crippen LogP contribution in [0.3, 0.4) is 0 Å². The third-order valence-corrected chi connectivity index (χ3v) is 10.4. The number of amides is 1. The van der Waals surface area contributed by atoms with E-state index >= 15 is 0 Å². The maximum absolute atomic E-state index is 13.5. The summed E-state index contributed by atoms with van der Waals surface area (Å²) in [5.74, 6) is 0.0680. The third kappa shape index (κ3) is 8.07. The molecule has 1 aromatic heterocycles. The van der Waals surface area contributed by atoms with Gasteiger partial charge in [-0.25, -0.2) is 27.7 Å². The molecule has 1 aliphatic rings. The fourth-order valence-corrected chi connectivity index (χ4v) is 8.10. The Balaban J connectivity index is 1.40. The standard InChI is InChI=1S/C33H37N5O7S2/c1-20(39)45-36-30(34)22-10-8-9-21(15-22)16-27(37-47(42,43)25-11-6-5-7-12-25)31-35-26-14-13-24(17-28(26)46-31)44-19-23-18-38(32(40)41)29(23)33(2,3)4/h5-15,17,23,27,29,37H,16,18-19H2,1-4H3,(H2,34,36)(H,40,41). The Hall–Kier alpha value is -4.53. The first-order chi connectivity index (χ1) is 22.2. The average Bonchev–Trinajstić information content (AvgIpc) is 3.42. The molecule has 0 saturated carbocycles. The van der Waals surface area contributed by atoms with Crippen molar-refractivity contribution in [3.63, 3.8) is 0 Å². The molecular weight excluding hydrogens is 643 g/mol. The van der Waals surface area contributed by atoms with Crippen LogP contribution in [0.15, 0.2) is 82.8 Å². The van der Waals surface area contributed by atoms with Crippen LogP contribution in [0.5, 0.6) is 5.75 Å². The Morgan fingerprint density at radius 1 is 1.13 bits per heavy atom. The van der Waals surface area contributed by atoms with Gasteiger partial charge in [-0.15, -0.1) is 11.3 Å². The van der Waals surface area contributed by atoms with E-state index in [2.05, 4.69) is 14.7 Å². The van der Waals surface area contributed by atoms with Crippen molar-refractivity contribution < 1.29 is 32.7 Å². The smallest absolute Gasteiger partial charge is 0.407 e. The number of hydrogen-bond donors (Lipinski definition) is 3. The predicted molar refractivity (Wildman–Crippen MR) is 179 cm³/mol. The van der Waals surface area contributed by atoms with Crippen LogP contribution in [0, 0.1) is 11.3 Å². The lowest BCUT2D eigenvalue weighted by Crippen LogP contribution is -2.64. The van der Waals surface area contributed by atoms with Crippen molar-refractivity contribution in [1.29, 1.82) is 0 Å². The number of oxime groups is 1. The van der Waals surface area contributed by atoms with Crippen LogP contribution in [0.2, 0.25) is 0 Å². The van der Waals surface area contributed by atoms with Gasteiger partial charge in [0.05, 0.1) is 27.8 Å². The predicted octanol–water partition coefficient (Wildman–Crippen LogP) is 5.15. The van der Waals surface area contributed by atoms with E-state index in [9.17, 15) is 23.1 Å². The number of amidine groups is 1. The van der Waals surface area contributed by atoms with Crippen molar-refractivity contribution in [3.05, 3.63) is 88.9 Å². The van der Waals surface area contributed by atoms with Gasteiger partial charge in [-0.1, -0.05) is 62.3 Å². The normalized spacial score (nSPS) is 17.6. The average molecular weight is 680 g/mol. The van der Waals surface area contributed by atoms with Crippen molar-refractivity contribution in [3.8, 4) is 5.75 Å². The highest BCUT2D eigenvalue weighted by Gasteiger charge is 2.48. The minimum Gasteiger partial charge on any atom is -0.493 e. The van der Waals surface area contributed by atoms with Gasteiger partial charge in [-0.2, -0.15) is 0 Å². The summed E-state index contributed by atoms with van der Waals surface area (Å²) in [5, 5.41) is 13.8. The number of hydrogen-bond acceptors (Lipinski definition) is 9. The molecular formula is C33H37N5O7S2. The number of thiazole rings is 1. The molecule has 5 rings (SSSR count). The zero-order valence-electron chi connectivity index (χ0n) is 26.4. The number of ether oxygens (including phenoxy) is 1. The van der Waals surface area contributed by atoms with Crippen LogP contribution in [0.1, 0.15) is 49.9 Å². The number of nitrogens with zero attached hydrogens (tertiary/aromatic N) is 3. The van der Waals surface area contributed by atoms with Crippen LogP contribution >= 0.6 is 11.3 Å². The summed E-state index contributed by atoms with van der Waals surface area (Å²) in [6.45, 7) is 8.06. The molecule has 0 radical (unpaired) electrons. The zero-order chi connectivity index (χ0) is 33.9. The van der Waals surface area contributed by atoms with Crippen molar-refractivity contribution in [1.82, 2.24) is 14.6 Å². The van der Waals surface area contributed by atoms with Crippen LogP contribution in [-0.2, 0) is 26.1 Å². The van der Waals surface area contributed by atoms with E-state index in [1.807, 2.05) is 45.0 Å². The molecule has 0 aliphatic carbocycles. The molecule has 3 aromatic carbocycles. The maximum atomic E-state index is 13.5. The molecule has 3 unspecified atom stereocenters.